The summed E-state index contributed by atoms with van der Waals surface area (Å²) in [6.45, 7) is 0. The van der Waals surface area contributed by atoms with Crippen molar-refractivity contribution in [2.24, 2.45) is 0 Å². The van der Waals surface area contributed by atoms with Crippen molar-refractivity contribution in [3.8, 4) is 11.1 Å². The third-order valence-corrected chi connectivity index (χ3v) is 7.51. The highest BCUT2D eigenvalue weighted by molar-refractivity contribution is 9.10. The molecular formula is C28H25BrN6OS. The average Bonchev–Trinajstić information content (AvgIpc) is 3.24. The molecule has 0 aliphatic carbocycles. The first kappa shape index (κ1) is 24.7. The fourth-order valence-corrected chi connectivity index (χ4v) is 5.71. The number of thiophene rings is 1. The second kappa shape index (κ2) is 10.6. The van der Waals surface area contributed by atoms with Crippen LogP contribution in [0.4, 0.5) is 27.7 Å². The van der Waals surface area contributed by atoms with Crippen LogP contribution in [0.5, 0.6) is 0 Å². The molecule has 0 aliphatic heterocycles. The summed E-state index contributed by atoms with van der Waals surface area (Å²) < 4.78 is 0.894. The van der Waals surface area contributed by atoms with Gasteiger partial charge < -0.3 is 21.3 Å². The fraction of sp³-hybridized carbons (Fsp3) is 0.107. The van der Waals surface area contributed by atoms with E-state index in [1.54, 1.807) is 11.3 Å². The number of amides is 2. The van der Waals surface area contributed by atoms with Gasteiger partial charge in [0.2, 0.25) is 0 Å². The van der Waals surface area contributed by atoms with E-state index in [2.05, 4.69) is 65.7 Å². The minimum absolute atomic E-state index is 0.314. The molecule has 7 nitrogen and oxygen atoms in total. The van der Waals surface area contributed by atoms with Gasteiger partial charge in [0.1, 0.15) is 17.0 Å². The molecule has 0 spiro atoms. The number of hydrogen-bond donors (Lipinski definition) is 3. The number of nitrogens with zero attached hydrogens (tertiary/aromatic N) is 3. The van der Waals surface area contributed by atoms with E-state index >= 15 is 0 Å². The van der Waals surface area contributed by atoms with Gasteiger partial charge in [-0.1, -0.05) is 46.3 Å². The van der Waals surface area contributed by atoms with E-state index < -0.39 is 0 Å². The molecule has 0 fully saturated rings. The van der Waals surface area contributed by atoms with Crippen LogP contribution in [0.2, 0.25) is 0 Å². The number of nitrogens with two attached hydrogens (primary N) is 1. The Bertz CT molecular complexity index is 1560. The number of aromatic nitrogens is 2. The lowest BCUT2D eigenvalue weighted by Gasteiger charge is -2.13. The number of hydrogen-bond acceptors (Lipinski definition) is 6. The van der Waals surface area contributed by atoms with E-state index in [0.717, 1.165) is 42.8 Å². The van der Waals surface area contributed by atoms with E-state index in [1.165, 1.54) is 11.9 Å². The van der Waals surface area contributed by atoms with Crippen molar-refractivity contribution in [3.05, 3.63) is 94.0 Å². The van der Waals surface area contributed by atoms with Crippen molar-refractivity contribution in [3.63, 3.8) is 0 Å². The van der Waals surface area contributed by atoms with E-state index in [1.807, 2.05) is 62.6 Å². The summed E-state index contributed by atoms with van der Waals surface area (Å²) in [6, 6.07) is 23.4. The van der Waals surface area contributed by atoms with Crippen LogP contribution in [0.1, 0.15) is 10.4 Å². The number of halogens is 1. The van der Waals surface area contributed by atoms with Crippen LogP contribution in [-0.2, 0) is 6.42 Å². The Kier molecular flexibility index (Phi) is 7.07. The molecule has 2 heterocycles. The van der Waals surface area contributed by atoms with Gasteiger partial charge in [-0.3, -0.25) is 0 Å². The standard InChI is InChI=1S/C28H25BrN6OS/c1-35(2)22-12-6-17(7-13-22)14-23-24(25-26(30)31-16-32-27(25)37-23)18-8-10-20(11-9-18)33-28(36)34-21-5-3-4-19(29)15-21/h3-13,15-16H,14H2,1-2H3,(H2,30,31,32)(H2,33,34,36). The maximum Gasteiger partial charge on any atom is 0.323 e. The second-order valence-corrected chi connectivity index (χ2v) is 10.7. The van der Waals surface area contributed by atoms with Crippen molar-refractivity contribution in [2.45, 2.75) is 6.42 Å². The third-order valence-electron chi connectivity index (χ3n) is 5.92. The second-order valence-electron chi connectivity index (χ2n) is 8.74. The molecule has 0 saturated heterocycles. The molecule has 2 aromatic heterocycles. The number of benzene rings is 3. The minimum Gasteiger partial charge on any atom is -0.383 e. The zero-order chi connectivity index (χ0) is 25.9. The van der Waals surface area contributed by atoms with E-state index in [9.17, 15) is 4.79 Å². The van der Waals surface area contributed by atoms with E-state index in [0.29, 0.717) is 17.2 Å². The highest BCUT2D eigenvalue weighted by atomic mass is 79.9. The summed E-state index contributed by atoms with van der Waals surface area (Å²) in [6.07, 6.45) is 2.25. The number of nitrogens with one attached hydrogen (secondary N) is 2. The lowest BCUT2D eigenvalue weighted by atomic mass is 9.99. The SMILES string of the molecule is CN(C)c1ccc(Cc2sc3ncnc(N)c3c2-c2ccc(NC(=O)Nc3cccc(Br)c3)cc2)cc1. The van der Waals surface area contributed by atoms with Crippen LogP contribution in [0.3, 0.4) is 0 Å². The lowest BCUT2D eigenvalue weighted by molar-refractivity contribution is 0.262. The Morgan fingerprint density at radius 3 is 2.41 bits per heavy atom. The van der Waals surface area contributed by atoms with Gasteiger partial charge in [0.25, 0.3) is 0 Å². The first-order chi connectivity index (χ1) is 17.9. The topological polar surface area (TPSA) is 96.2 Å². The fourth-order valence-electron chi connectivity index (χ4n) is 4.11. The van der Waals surface area contributed by atoms with E-state index in [4.69, 9.17) is 5.73 Å². The Labute approximate surface area is 227 Å². The van der Waals surface area contributed by atoms with Gasteiger partial charge in [-0.2, -0.15) is 0 Å². The molecular weight excluding hydrogens is 548 g/mol. The monoisotopic (exact) mass is 572 g/mol. The van der Waals surface area contributed by atoms with Crippen LogP contribution < -0.4 is 21.3 Å². The summed E-state index contributed by atoms with van der Waals surface area (Å²) in [4.78, 5) is 25.3. The quantitative estimate of drug-likeness (QED) is 0.203. The van der Waals surface area contributed by atoms with Crippen LogP contribution >= 0.6 is 27.3 Å². The Morgan fingerprint density at radius 2 is 1.70 bits per heavy atom. The number of carbonyl (C=O) groups excluding carboxylic acids is 1. The summed E-state index contributed by atoms with van der Waals surface area (Å²) in [7, 11) is 4.06. The van der Waals surface area contributed by atoms with Crippen LogP contribution in [0.25, 0.3) is 21.3 Å². The molecule has 9 heteroatoms. The molecule has 0 radical (unpaired) electrons. The van der Waals surface area contributed by atoms with Crippen molar-refractivity contribution >= 4 is 66.4 Å². The summed E-state index contributed by atoms with van der Waals surface area (Å²) in [5.74, 6) is 0.459. The molecule has 5 rings (SSSR count). The molecule has 2 amide bonds. The largest absolute Gasteiger partial charge is 0.383 e. The van der Waals surface area contributed by atoms with Crippen molar-refractivity contribution in [1.29, 1.82) is 0 Å². The zero-order valence-corrected chi connectivity index (χ0v) is 22.7. The highest BCUT2D eigenvalue weighted by Crippen LogP contribution is 2.41. The molecule has 0 saturated carbocycles. The van der Waals surface area contributed by atoms with Gasteiger partial charge in [0.05, 0.1) is 5.39 Å². The number of fused-ring (bicyclic) bond motifs is 1. The number of nitrogen functional groups attached to an aromatic ring is 1. The minimum atomic E-state index is -0.314. The van der Waals surface area contributed by atoms with Gasteiger partial charge >= 0.3 is 6.03 Å². The summed E-state index contributed by atoms with van der Waals surface area (Å²) >= 11 is 5.04. The molecule has 0 atom stereocenters. The van der Waals surface area contributed by atoms with Gasteiger partial charge in [-0.15, -0.1) is 11.3 Å². The van der Waals surface area contributed by atoms with Crippen LogP contribution in [-0.4, -0.2) is 30.1 Å². The summed E-state index contributed by atoms with van der Waals surface area (Å²) in [5.41, 5.74) is 12.1. The molecule has 4 N–H and O–H groups in total. The van der Waals surface area contributed by atoms with Gasteiger partial charge in [-0.25, -0.2) is 14.8 Å². The molecule has 0 bridgehead atoms. The predicted molar refractivity (Wildman–Crippen MR) is 158 cm³/mol. The lowest BCUT2D eigenvalue weighted by Crippen LogP contribution is -2.19. The Hall–Kier alpha value is -3.95. The van der Waals surface area contributed by atoms with Gasteiger partial charge in [-0.05, 0) is 53.6 Å². The number of carbonyl (C=O) groups is 1. The maximum atomic E-state index is 12.5. The molecule has 0 unspecified atom stereocenters. The normalized spacial score (nSPS) is 10.9. The first-order valence-corrected chi connectivity index (χ1v) is 13.2. The molecule has 37 heavy (non-hydrogen) atoms. The molecule has 5 aromatic rings. The van der Waals surface area contributed by atoms with Crippen molar-refractivity contribution in [2.75, 3.05) is 35.4 Å². The average molecular weight is 574 g/mol. The Morgan fingerprint density at radius 1 is 0.973 bits per heavy atom. The zero-order valence-electron chi connectivity index (χ0n) is 20.3. The van der Waals surface area contributed by atoms with Crippen molar-refractivity contribution < 1.29 is 4.79 Å². The number of anilines is 4. The Balaban J connectivity index is 1.42. The first-order valence-electron chi connectivity index (χ1n) is 11.6. The maximum absolute atomic E-state index is 12.5. The van der Waals surface area contributed by atoms with Crippen LogP contribution in [0.15, 0.2) is 83.6 Å². The third kappa shape index (κ3) is 5.58. The molecule has 3 aromatic carbocycles. The van der Waals surface area contributed by atoms with Crippen LogP contribution in [0, 0.1) is 0 Å². The van der Waals surface area contributed by atoms with E-state index in [-0.39, 0.29) is 6.03 Å². The molecule has 0 aliphatic rings. The highest BCUT2D eigenvalue weighted by Gasteiger charge is 2.18. The number of rotatable bonds is 6. The van der Waals surface area contributed by atoms with Gasteiger partial charge in [0, 0.05) is 52.5 Å². The predicted octanol–water partition coefficient (Wildman–Crippen LogP) is 7.00. The smallest absolute Gasteiger partial charge is 0.323 e. The van der Waals surface area contributed by atoms with Gasteiger partial charge in [0.15, 0.2) is 0 Å². The molecule has 186 valence electrons. The summed E-state index contributed by atoms with van der Waals surface area (Å²) in [5, 5.41) is 6.58. The number of urea groups is 1. The van der Waals surface area contributed by atoms with Crippen molar-refractivity contribution in [1.82, 2.24) is 9.97 Å².